The van der Waals surface area contributed by atoms with Crippen molar-refractivity contribution in [2.75, 3.05) is 0 Å². The summed E-state index contributed by atoms with van der Waals surface area (Å²) in [5.74, 6) is -0.489. The van der Waals surface area contributed by atoms with Crippen LogP contribution in [0.4, 0.5) is 13.2 Å². The molecule has 0 fully saturated rings. The van der Waals surface area contributed by atoms with Crippen LogP contribution >= 0.6 is 0 Å². The van der Waals surface area contributed by atoms with E-state index in [9.17, 15) is 21.6 Å². The second kappa shape index (κ2) is 20.1. The smallest absolute Gasteiger partial charge is 0.376 e. The van der Waals surface area contributed by atoms with E-state index in [1.54, 1.807) is 12.3 Å². The highest BCUT2D eigenvalue weighted by molar-refractivity contribution is 7.88. The van der Waals surface area contributed by atoms with Crippen LogP contribution < -0.4 is 4.18 Å². The van der Waals surface area contributed by atoms with Crippen molar-refractivity contribution in [3.05, 3.63) is 255 Å². The normalized spacial score (nSPS) is 11.6. The Hall–Kier alpha value is -9.25. The van der Waals surface area contributed by atoms with E-state index in [1.165, 1.54) is 12.1 Å². The number of hydrogen-bond acceptors (Lipinski definition) is 6. The van der Waals surface area contributed by atoms with Crippen LogP contribution in [0.2, 0.25) is 0 Å². The molecule has 11 aromatic rings. The summed E-state index contributed by atoms with van der Waals surface area (Å²) in [6.07, 6.45) is 5.61. The van der Waals surface area contributed by atoms with Gasteiger partial charge in [0.05, 0.1) is 17.1 Å². The molecular weight excluding hydrogens is 948 g/mol. The summed E-state index contributed by atoms with van der Waals surface area (Å²) in [7, 11) is -5.90. The molecule has 3 aromatic heterocycles. The molecule has 74 heavy (non-hydrogen) atoms. The minimum atomic E-state index is -5.90. The van der Waals surface area contributed by atoms with E-state index in [4.69, 9.17) is 15.0 Å². The van der Waals surface area contributed by atoms with Crippen molar-refractivity contribution < 1.29 is 25.8 Å². The summed E-state index contributed by atoms with van der Waals surface area (Å²) in [6.45, 7) is 0. The molecule has 358 valence electrons. The third kappa shape index (κ3) is 9.74. The van der Waals surface area contributed by atoms with Gasteiger partial charge in [-0.2, -0.15) is 21.6 Å². The van der Waals surface area contributed by atoms with Gasteiger partial charge in [0.1, 0.15) is 5.75 Å². The van der Waals surface area contributed by atoms with Gasteiger partial charge in [0.15, 0.2) is 0 Å². The monoisotopic (exact) mass is 989 g/mol. The predicted molar refractivity (Wildman–Crippen MR) is 290 cm³/mol. The molecule has 0 aliphatic heterocycles. The Kier molecular flexibility index (Phi) is 12.8. The molecule has 8 aromatic carbocycles. The van der Waals surface area contributed by atoms with E-state index in [0.717, 1.165) is 106 Å². The molecule has 0 amide bonds. The Morgan fingerprint density at radius 3 is 1.14 bits per heavy atom. The Morgan fingerprint density at radius 2 is 0.689 bits per heavy atom. The van der Waals surface area contributed by atoms with Crippen LogP contribution in [0.15, 0.2) is 255 Å². The standard InChI is InChI=1S/C64H42F3N3O3S/c65-64(66,67)74(71,72)73-52-24-16-23-46(38-52)63-39-59(43-17-4-1-5-18-43)60(42-70-63)58-30-15-14-29-57(58)51-36-49(55-27-12-10-25-53(55)47-31-33-61(68-40-47)44-19-6-2-7-20-44)35-50(37-51)56-28-13-11-26-54(56)48-32-34-62(69-41-48)45-21-8-3-9-22-45/h1-42H. The zero-order chi connectivity index (χ0) is 50.7. The molecule has 0 aliphatic carbocycles. The molecular formula is C64H42F3N3O3S. The molecule has 10 heteroatoms. The van der Waals surface area contributed by atoms with Gasteiger partial charge < -0.3 is 4.18 Å². The first kappa shape index (κ1) is 47.1. The second-order valence-electron chi connectivity index (χ2n) is 17.5. The van der Waals surface area contributed by atoms with Crippen LogP contribution in [0.25, 0.3) is 112 Å². The first-order valence-corrected chi connectivity index (χ1v) is 25.1. The Labute approximate surface area is 426 Å². The molecule has 11 rings (SSSR count). The summed E-state index contributed by atoms with van der Waals surface area (Å²) in [6, 6.07) is 77.2. The Bertz CT molecular complexity index is 3770. The average Bonchev–Trinajstić information content (AvgIpc) is 3.45. The van der Waals surface area contributed by atoms with Gasteiger partial charge in [0, 0.05) is 52.0 Å². The fourth-order valence-corrected chi connectivity index (χ4v) is 9.72. The van der Waals surface area contributed by atoms with Gasteiger partial charge in [-0.3, -0.25) is 15.0 Å². The van der Waals surface area contributed by atoms with Crippen LogP contribution in [0.1, 0.15) is 0 Å². The van der Waals surface area contributed by atoms with Crippen molar-refractivity contribution >= 4 is 10.1 Å². The number of alkyl halides is 3. The van der Waals surface area contributed by atoms with Crippen molar-refractivity contribution in [2.45, 2.75) is 5.51 Å². The molecule has 0 atom stereocenters. The maximum atomic E-state index is 13.3. The SMILES string of the molecule is O=S(=O)(Oc1cccc(-c2cc(-c3ccccc3)c(-c3ccccc3-c3cc(-c4ccccc4-c4ccc(-c5ccccc5)nc4)cc(-c4ccccc4-c4ccc(-c5ccccc5)nc4)c3)cn2)c1)C(F)(F)F. The number of nitrogens with zero attached hydrogens (tertiary/aromatic N) is 3. The lowest BCUT2D eigenvalue weighted by Crippen LogP contribution is -2.28. The highest BCUT2D eigenvalue weighted by Crippen LogP contribution is 2.44. The third-order valence-electron chi connectivity index (χ3n) is 12.8. The van der Waals surface area contributed by atoms with Gasteiger partial charge in [-0.1, -0.05) is 188 Å². The largest absolute Gasteiger partial charge is 0.534 e. The number of aromatic nitrogens is 3. The Balaban J connectivity index is 1.07. The lowest BCUT2D eigenvalue weighted by molar-refractivity contribution is -0.0500. The van der Waals surface area contributed by atoms with Gasteiger partial charge >= 0.3 is 15.6 Å². The van der Waals surface area contributed by atoms with E-state index in [1.807, 2.05) is 109 Å². The van der Waals surface area contributed by atoms with Crippen LogP contribution in [0.3, 0.4) is 0 Å². The third-order valence-corrected chi connectivity index (χ3v) is 13.8. The topological polar surface area (TPSA) is 82.0 Å². The van der Waals surface area contributed by atoms with Crippen molar-refractivity contribution in [2.24, 2.45) is 0 Å². The summed E-state index contributed by atoms with van der Waals surface area (Å²) in [5, 5.41) is 0. The van der Waals surface area contributed by atoms with Crippen LogP contribution in [-0.2, 0) is 10.1 Å². The van der Waals surface area contributed by atoms with Crippen molar-refractivity contribution in [3.63, 3.8) is 0 Å². The summed E-state index contributed by atoms with van der Waals surface area (Å²) in [4.78, 5) is 14.7. The molecule has 0 saturated carbocycles. The maximum Gasteiger partial charge on any atom is 0.534 e. The van der Waals surface area contributed by atoms with Crippen LogP contribution in [-0.4, -0.2) is 28.9 Å². The fraction of sp³-hybridized carbons (Fsp3) is 0.0156. The summed E-state index contributed by atoms with van der Waals surface area (Å²) >= 11 is 0. The molecule has 0 unspecified atom stereocenters. The molecule has 0 radical (unpaired) electrons. The first-order valence-electron chi connectivity index (χ1n) is 23.7. The maximum absolute atomic E-state index is 13.3. The van der Waals surface area contributed by atoms with E-state index in [0.29, 0.717) is 11.3 Å². The molecule has 0 bridgehead atoms. The van der Waals surface area contributed by atoms with Crippen LogP contribution in [0, 0.1) is 0 Å². The summed E-state index contributed by atoms with van der Waals surface area (Å²) < 4.78 is 68.4. The van der Waals surface area contributed by atoms with Crippen LogP contribution in [0.5, 0.6) is 5.75 Å². The first-order chi connectivity index (χ1) is 36.1. The van der Waals surface area contributed by atoms with Crippen molar-refractivity contribution in [3.8, 4) is 117 Å². The quantitative estimate of drug-likeness (QED) is 0.0896. The molecule has 0 saturated heterocycles. The lowest BCUT2D eigenvalue weighted by Gasteiger charge is -2.19. The predicted octanol–water partition coefficient (Wildman–Crippen LogP) is 16.8. The van der Waals surface area contributed by atoms with Gasteiger partial charge in [-0.15, -0.1) is 0 Å². The number of pyridine rings is 3. The van der Waals surface area contributed by atoms with E-state index in [2.05, 4.69) is 119 Å². The zero-order valence-corrected chi connectivity index (χ0v) is 40.2. The van der Waals surface area contributed by atoms with E-state index >= 15 is 0 Å². The van der Waals surface area contributed by atoms with Gasteiger partial charge in [0.2, 0.25) is 0 Å². The van der Waals surface area contributed by atoms with Gasteiger partial charge in [-0.05, 0) is 110 Å². The van der Waals surface area contributed by atoms with Crippen molar-refractivity contribution in [1.29, 1.82) is 0 Å². The minimum absolute atomic E-state index is 0.362. The number of halogens is 3. The molecule has 0 spiro atoms. The highest BCUT2D eigenvalue weighted by atomic mass is 32.2. The number of benzene rings is 8. The summed E-state index contributed by atoms with van der Waals surface area (Å²) in [5.41, 5.74) is 12.1. The van der Waals surface area contributed by atoms with Gasteiger partial charge in [-0.25, -0.2) is 0 Å². The van der Waals surface area contributed by atoms with Crippen molar-refractivity contribution in [1.82, 2.24) is 15.0 Å². The molecule has 0 aliphatic rings. The Morgan fingerprint density at radius 1 is 0.297 bits per heavy atom. The highest BCUT2D eigenvalue weighted by Gasteiger charge is 2.48. The zero-order valence-electron chi connectivity index (χ0n) is 39.4. The minimum Gasteiger partial charge on any atom is -0.376 e. The number of hydrogen-bond donors (Lipinski definition) is 0. The number of rotatable bonds is 12. The van der Waals surface area contributed by atoms with E-state index < -0.39 is 21.4 Å². The lowest BCUT2D eigenvalue weighted by atomic mass is 9.85. The van der Waals surface area contributed by atoms with Gasteiger partial charge in [0.25, 0.3) is 0 Å². The molecule has 3 heterocycles. The average molecular weight is 990 g/mol. The fourth-order valence-electron chi connectivity index (χ4n) is 9.27. The molecule has 0 N–H and O–H groups in total. The second-order valence-corrected chi connectivity index (χ2v) is 19.1. The molecule has 6 nitrogen and oxygen atoms in total. The van der Waals surface area contributed by atoms with E-state index in [-0.39, 0.29) is 0 Å².